The van der Waals surface area contributed by atoms with Crippen LogP contribution in [0.5, 0.6) is 0 Å². The normalized spacial score (nSPS) is 10.4. The van der Waals surface area contributed by atoms with Crippen LogP contribution in [-0.2, 0) is 0 Å². The van der Waals surface area contributed by atoms with Gasteiger partial charge in [0.2, 0.25) is 0 Å². The van der Waals surface area contributed by atoms with E-state index >= 15 is 0 Å². The first-order valence-corrected chi connectivity index (χ1v) is 5.15. The Hall–Kier alpha value is -2.97. The molecule has 0 aliphatic rings. The van der Waals surface area contributed by atoms with E-state index in [9.17, 15) is 20.2 Å². The van der Waals surface area contributed by atoms with Gasteiger partial charge >= 0.3 is 5.69 Å². The molecule has 19 heavy (non-hydrogen) atoms. The zero-order chi connectivity index (χ0) is 14.2. The molecule has 9 heteroatoms. The Morgan fingerprint density at radius 2 is 1.89 bits per heavy atom. The summed E-state index contributed by atoms with van der Waals surface area (Å²) < 4.78 is 1.18. The summed E-state index contributed by atoms with van der Waals surface area (Å²) >= 11 is 0. The Bertz CT molecular complexity index is 679. The maximum absolute atomic E-state index is 11.0. The third kappa shape index (κ3) is 2.20. The zero-order valence-corrected chi connectivity index (χ0v) is 9.81. The van der Waals surface area contributed by atoms with Crippen LogP contribution in [0.25, 0.3) is 5.69 Å². The van der Waals surface area contributed by atoms with Crippen molar-refractivity contribution in [2.45, 2.75) is 6.92 Å². The van der Waals surface area contributed by atoms with Gasteiger partial charge < -0.3 is 5.73 Å². The summed E-state index contributed by atoms with van der Waals surface area (Å²) in [6.07, 6.45) is 0. The predicted octanol–water partition coefficient (Wildman–Crippen LogP) is 1.58. The number of non-ortho nitro benzene ring substituents is 1. The zero-order valence-electron chi connectivity index (χ0n) is 9.81. The third-order valence-electron chi connectivity index (χ3n) is 2.45. The maximum Gasteiger partial charge on any atom is 0.301 e. The number of nitro benzene ring substituents is 2. The second-order valence-corrected chi connectivity index (χ2v) is 3.81. The largest absolute Gasteiger partial charge is 0.384 e. The van der Waals surface area contributed by atoms with Crippen LogP contribution < -0.4 is 5.73 Å². The van der Waals surface area contributed by atoms with Gasteiger partial charge in [0.15, 0.2) is 0 Å². The minimum absolute atomic E-state index is 0.0844. The van der Waals surface area contributed by atoms with Gasteiger partial charge in [-0.2, -0.15) is 5.10 Å². The molecule has 0 bridgehead atoms. The van der Waals surface area contributed by atoms with E-state index in [4.69, 9.17) is 5.73 Å². The van der Waals surface area contributed by atoms with Gasteiger partial charge in [0.05, 0.1) is 21.6 Å². The molecule has 0 aliphatic heterocycles. The van der Waals surface area contributed by atoms with Gasteiger partial charge in [-0.25, -0.2) is 4.68 Å². The van der Waals surface area contributed by atoms with E-state index in [1.54, 1.807) is 13.0 Å². The first-order valence-electron chi connectivity index (χ1n) is 5.15. The van der Waals surface area contributed by atoms with E-state index in [0.717, 1.165) is 6.07 Å². The predicted molar refractivity (Wildman–Crippen MR) is 66.0 cm³/mol. The number of anilines is 1. The van der Waals surface area contributed by atoms with Crippen molar-refractivity contribution < 1.29 is 9.85 Å². The SMILES string of the molecule is Cc1cc(N)n(-c2ccc([N+](=O)[O-])cc2[N+](=O)[O-])n1. The molecule has 1 aromatic carbocycles. The number of nitrogen functional groups attached to an aromatic ring is 1. The fourth-order valence-electron chi connectivity index (χ4n) is 1.66. The number of nitro groups is 2. The molecular formula is C10H9N5O4. The van der Waals surface area contributed by atoms with Crippen LogP contribution in [0.2, 0.25) is 0 Å². The van der Waals surface area contributed by atoms with Gasteiger partial charge in [-0.1, -0.05) is 0 Å². The van der Waals surface area contributed by atoms with Crippen LogP contribution in [0.4, 0.5) is 17.2 Å². The summed E-state index contributed by atoms with van der Waals surface area (Å²) in [6, 6.07) is 4.84. The average Bonchev–Trinajstić information content (AvgIpc) is 2.67. The lowest BCUT2D eigenvalue weighted by Crippen LogP contribution is -2.05. The Morgan fingerprint density at radius 3 is 2.37 bits per heavy atom. The molecule has 0 amide bonds. The summed E-state index contributed by atoms with van der Waals surface area (Å²) in [6.45, 7) is 1.68. The number of aryl methyl sites for hydroxylation is 1. The lowest BCUT2D eigenvalue weighted by molar-refractivity contribution is -0.394. The number of hydrogen-bond donors (Lipinski definition) is 1. The fourth-order valence-corrected chi connectivity index (χ4v) is 1.66. The van der Waals surface area contributed by atoms with Crippen LogP contribution in [-0.4, -0.2) is 19.6 Å². The summed E-state index contributed by atoms with van der Waals surface area (Å²) in [4.78, 5) is 20.2. The highest BCUT2D eigenvalue weighted by Gasteiger charge is 2.22. The topological polar surface area (TPSA) is 130 Å². The minimum atomic E-state index is -0.710. The molecule has 0 fully saturated rings. The highest BCUT2D eigenvalue weighted by molar-refractivity contribution is 5.60. The van der Waals surface area contributed by atoms with E-state index in [1.165, 1.54) is 16.8 Å². The quantitative estimate of drug-likeness (QED) is 0.660. The summed E-state index contributed by atoms with van der Waals surface area (Å²) in [5, 5.41) is 25.6. The first-order chi connectivity index (χ1) is 8.90. The molecule has 0 spiro atoms. The van der Waals surface area contributed by atoms with Crippen molar-refractivity contribution in [2.24, 2.45) is 0 Å². The Labute approximate surface area is 106 Å². The standard InChI is InChI=1S/C10H9N5O4/c1-6-4-10(11)13(12-6)8-3-2-7(14(16)17)5-9(8)15(18)19/h2-5H,11H2,1H3. The van der Waals surface area contributed by atoms with E-state index in [2.05, 4.69) is 5.10 Å². The third-order valence-corrected chi connectivity index (χ3v) is 2.45. The van der Waals surface area contributed by atoms with Crippen molar-refractivity contribution in [3.8, 4) is 5.69 Å². The lowest BCUT2D eigenvalue weighted by atomic mass is 10.2. The van der Waals surface area contributed by atoms with Crippen LogP contribution >= 0.6 is 0 Å². The highest BCUT2D eigenvalue weighted by atomic mass is 16.6. The molecule has 0 saturated carbocycles. The van der Waals surface area contributed by atoms with Gasteiger partial charge in [0.1, 0.15) is 11.5 Å². The molecule has 1 heterocycles. The first kappa shape index (κ1) is 12.5. The van der Waals surface area contributed by atoms with Crippen molar-refractivity contribution in [3.63, 3.8) is 0 Å². The molecule has 0 aliphatic carbocycles. The molecule has 98 valence electrons. The average molecular weight is 263 g/mol. The molecule has 9 nitrogen and oxygen atoms in total. The van der Waals surface area contributed by atoms with Crippen LogP contribution in [0.1, 0.15) is 5.69 Å². The summed E-state index contributed by atoms with van der Waals surface area (Å²) in [5.74, 6) is 0.217. The smallest absolute Gasteiger partial charge is 0.301 e. The van der Waals surface area contributed by atoms with E-state index < -0.39 is 15.5 Å². The molecule has 2 aromatic rings. The number of aromatic nitrogens is 2. The van der Waals surface area contributed by atoms with Gasteiger partial charge in [0, 0.05) is 12.1 Å². The van der Waals surface area contributed by atoms with Crippen LogP contribution in [0.3, 0.4) is 0 Å². The Balaban J connectivity index is 2.66. The highest BCUT2D eigenvalue weighted by Crippen LogP contribution is 2.29. The second kappa shape index (κ2) is 4.37. The summed E-state index contributed by atoms with van der Waals surface area (Å²) in [7, 11) is 0. The number of benzene rings is 1. The molecule has 0 saturated heterocycles. The van der Waals surface area contributed by atoms with Crippen molar-refractivity contribution in [3.05, 3.63) is 50.2 Å². The molecule has 2 N–H and O–H groups in total. The molecule has 2 rings (SSSR count). The van der Waals surface area contributed by atoms with Crippen molar-refractivity contribution in [2.75, 3.05) is 5.73 Å². The molecular weight excluding hydrogens is 254 g/mol. The van der Waals surface area contributed by atoms with E-state index in [1.807, 2.05) is 0 Å². The number of hydrogen-bond acceptors (Lipinski definition) is 6. The maximum atomic E-state index is 11.0. The Kier molecular flexibility index (Phi) is 2.87. The number of rotatable bonds is 3. The monoisotopic (exact) mass is 263 g/mol. The van der Waals surface area contributed by atoms with Crippen molar-refractivity contribution in [1.82, 2.24) is 9.78 Å². The second-order valence-electron chi connectivity index (χ2n) is 3.81. The summed E-state index contributed by atoms with van der Waals surface area (Å²) in [5.41, 5.74) is 5.57. The van der Waals surface area contributed by atoms with Crippen molar-refractivity contribution in [1.29, 1.82) is 0 Å². The molecule has 0 unspecified atom stereocenters. The molecule has 0 radical (unpaired) electrons. The Morgan fingerprint density at radius 1 is 1.21 bits per heavy atom. The number of nitrogens with zero attached hydrogens (tertiary/aromatic N) is 4. The minimum Gasteiger partial charge on any atom is -0.384 e. The van der Waals surface area contributed by atoms with E-state index in [-0.39, 0.29) is 17.2 Å². The van der Waals surface area contributed by atoms with Gasteiger partial charge in [-0.3, -0.25) is 20.2 Å². The van der Waals surface area contributed by atoms with Crippen LogP contribution in [0.15, 0.2) is 24.3 Å². The van der Waals surface area contributed by atoms with Gasteiger partial charge in [-0.05, 0) is 13.0 Å². The lowest BCUT2D eigenvalue weighted by Gasteiger charge is -2.04. The van der Waals surface area contributed by atoms with Gasteiger partial charge in [-0.15, -0.1) is 0 Å². The van der Waals surface area contributed by atoms with Crippen molar-refractivity contribution >= 4 is 17.2 Å². The molecule has 1 aromatic heterocycles. The van der Waals surface area contributed by atoms with E-state index in [0.29, 0.717) is 5.69 Å². The van der Waals surface area contributed by atoms with Gasteiger partial charge in [0.25, 0.3) is 5.69 Å². The molecule has 0 atom stereocenters. The number of nitrogens with two attached hydrogens (primary N) is 1. The fraction of sp³-hybridized carbons (Fsp3) is 0.100. The van der Waals surface area contributed by atoms with Crippen LogP contribution in [0, 0.1) is 27.2 Å².